The van der Waals surface area contributed by atoms with Crippen LogP contribution >= 0.6 is 0 Å². The summed E-state index contributed by atoms with van der Waals surface area (Å²) in [7, 11) is 0. The van der Waals surface area contributed by atoms with Crippen LogP contribution in [0.4, 0.5) is 5.69 Å². The zero-order valence-electron chi connectivity index (χ0n) is 14.6. The van der Waals surface area contributed by atoms with E-state index in [1.54, 1.807) is 11.0 Å². The third-order valence-electron chi connectivity index (χ3n) is 5.83. The second-order valence-corrected chi connectivity index (χ2v) is 7.44. The number of aromatic nitrogens is 3. The molecule has 1 aromatic heterocycles. The second kappa shape index (κ2) is 6.86. The number of rotatable bonds is 6. The molecule has 2 fully saturated rings. The molecule has 0 unspecified atom stereocenters. The van der Waals surface area contributed by atoms with Crippen LogP contribution < -0.4 is 10.6 Å². The Labute approximate surface area is 148 Å². The van der Waals surface area contributed by atoms with Crippen LogP contribution in [0.2, 0.25) is 0 Å². The Morgan fingerprint density at radius 2 is 2.12 bits per heavy atom. The number of benzene rings is 1. The van der Waals surface area contributed by atoms with Crippen LogP contribution in [0.1, 0.15) is 32.6 Å². The first-order valence-electron chi connectivity index (χ1n) is 9.17. The van der Waals surface area contributed by atoms with Gasteiger partial charge in [0.25, 0.3) is 0 Å². The van der Waals surface area contributed by atoms with Gasteiger partial charge in [-0.25, -0.2) is 9.67 Å². The van der Waals surface area contributed by atoms with Crippen molar-refractivity contribution in [2.24, 2.45) is 17.8 Å². The average Bonchev–Trinajstić information content (AvgIpc) is 3.37. The zero-order valence-corrected chi connectivity index (χ0v) is 14.6. The monoisotopic (exact) mass is 339 g/mol. The minimum Gasteiger partial charge on any atom is -0.376 e. The molecule has 4 rings (SSSR count). The molecule has 0 aliphatic heterocycles. The summed E-state index contributed by atoms with van der Waals surface area (Å²) in [4.78, 5) is 16.2. The van der Waals surface area contributed by atoms with Crippen molar-refractivity contribution in [1.29, 1.82) is 0 Å². The summed E-state index contributed by atoms with van der Waals surface area (Å²) in [6, 6.07) is 8.08. The van der Waals surface area contributed by atoms with Crippen LogP contribution in [-0.4, -0.2) is 33.3 Å². The van der Waals surface area contributed by atoms with Crippen LogP contribution in [0.15, 0.2) is 36.9 Å². The number of fused-ring (bicyclic) bond motifs is 2. The van der Waals surface area contributed by atoms with E-state index in [1.165, 1.54) is 32.0 Å². The van der Waals surface area contributed by atoms with Gasteiger partial charge in [0.05, 0.1) is 12.2 Å². The van der Waals surface area contributed by atoms with E-state index in [9.17, 15) is 4.79 Å². The van der Waals surface area contributed by atoms with Gasteiger partial charge in [0.1, 0.15) is 12.7 Å². The Balaban J connectivity index is 1.26. The molecule has 1 aromatic carbocycles. The molecule has 2 bridgehead atoms. The third kappa shape index (κ3) is 3.52. The van der Waals surface area contributed by atoms with Gasteiger partial charge in [0, 0.05) is 11.7 Å². The lowest BCUT2D eigenvalue weighted by Crippen LogP contribution is -2.42. The molecule has 132 valence electrons. The van der Waals surface area contributed by atoms with E-state index in [-0.39, 0.29) is 11.9 Å². The molecule has 25 heavy (non-hydrogen) atoms. The molecular formula is C19H25N5O. The highest BCUT2D eigenvalue weighted by molar-refractivity contribution is 5.81. The van der Waals surface area contributed by atoms with Crippen LogP contribution in [0.5, 0.6) is 0 Å². The van der Waals surface area contributed by atoms with Gasteiger partial charge in [-0.1, -0.05) is 6.42 Å². The van der Waals surface area contributed by atoms with Gasteiger partial charge >= 0.3 is 0 Å². The molecule has 6 heteroatoms. The Kier molecular flexibility index (Phi) is 4.42. The summed E-state index contributed by atoms with van der Waals surface area (Å²) in [5.74, 6) is 2.48. The second-order valence-electron chi connectivity index (χ2n) is 7.44. The van der Waals surface area contributed by atoms with Crippen molar-refractivity contribution >= 4 is 11.6 Å². The molecule has 2 saturated carbocycles. The normalized spacial score (nSPS) is 25.7. The first-order valence-corrected chi connectivity index (χ1v) is 9.17. The molecule has 6 nitrogen and oxygen atoms in total. The molecule has 4 atom stereocenters. The van der Waals surface area contributed by atoms with Gasteiger partial charge in [-0.05, 0) is 68.2 Å². The SMILES string of the molecule is C[C@@H](NC(=O)CNc1ccc(-n2cncn2)cc1)[C@H]1C[C@H]2CC[C@H]1C2. The van der Waals surface area contributed by atoms with E-state index in [2.05, 4.69) is 27.6 Å². The smallest absolute Gasteiger partial charge is 0.239 e. The largest absolute Gasteiger partial charge is 0.376 e. The Morgan fingerprint density at radius 3 is 2.76 bits per heavy atom. The summed E-state index contributed by atoms with van der Waals surface area (Å²) < 4.78 is 1.70. The van der Waals surface area contributed by atoms with Crippen molar-refractivity contribution in [1.82, 2.24) is 20.1 Å². The number of hydrogen-bond acceptors (Lipinski definition) is 4. The molecule has 0 saturated heterocycles. The molecule has 0 spiro atoms. The maximum Gasteiger partial charge on any atom is 0.239 e. The van der Waals surface area contributed by atoms with Crippen molar-refractivity contribution in [3.8, 4) is 5.69 Å². The maximum atomic E-state index is 12.2. The van der Waals surface area contributed by atoms with Gasteiger partial charge in [-0.15, -0.1) is 0 Å². The number of nitrogens with zero attached hydrogens (tertiary/aromatic N) is 3. The molecule has 2 N–H and O–H groups in total. The van der Waals surface area contributed by atoms with Crippen molar-refractivity contribution in [2.75, 3.05) is 11.9 Å². The van der Waals surface area contributed by atoms with Crippen molar-refractivity contribution in [3.63, 3.8) is 0 Å². The molecule has 1 amide bonds. The average molecular weight is 339 g/mol. The van der Waals surface area contributed by atoms with E-state index in [1.807, 2.05) is 24.3 Å². The lowest BCUT2D eigenvalue weighted by Gasteiger charge is -2.28. The van der Waals surface area contributed by atoms with E-state index in [4.69, 9.17) is 0 Å². The van der Waals surface area contributed by atoms with E-state index < -0.39 is 0 Å². The highest BCUT2D eigenvalue weighted by atomic mass is 16.1. The first-order chi connectivity index (χ1) is 12.2. The molecular weight excluding hydrogens is 314 g/mol. The number of hydrogen-bond donors (Lipinski definition) is 2. The third-order valence-corrected chi connectivity index (χ3v) is 5.83. The Bertz CT molecular complexity index is 712. The summed E-state index contributed by atoms with van der Waals surface area (Å²) >= 11 is 0. The highest BCUT2D eigenvalue weighted by Crippen LogP contribution is 2.49. The highest BCUT2D eigenvalue weighted by Gasteiger charge is 2.42. The predicted molar refractivity (Wildman–Crippen MR) is 96.4 cm³/mol. The molecule has 2 aromatic rings. The van der Waals surface area contributed by atoms with E-state index in [0.717, 1.165) is 23.2 Å². The van der Waals surface area contributed by atoms with Gasteiger partial charge in [-0.2, -0.15) is 5.10 Å². The summed E-state index contributed by atoms with van der Waals surface area (Å²) in [5, 5.41) is 10.5. The van der Waals surface area contributed by atoms with Crippen molar-refractivity contribution in [3.05, 3.63) is 36.9 Å². The Morgan fingerprint density at radius 1 is 1.28 bits per heavy atom. The van der Waals surface area contributed by atoms with E-state index >= 15 is 0 Å². The summed E-state index contributed by atoms with van der Waals surface area (Å²) in [6.45, 7) is 2.46. The number of anilines is 1. The van der Waals surface area contributed by atoms with Crippen LogP contribution in [-0.2, 0) is 4.79 Å². The van der Waals surface area contributed by atoms with Crippen molar-refractivity contribution in [2.45, 2.75) is 38.6 Å². The maximum absolute atomic E-state index is 12.2. The van der Waals surface area contributed by atoms with Gasteiger partial charge in [0.15, 0.2) is 0 Å². The van der Waals surface area contributed by atoms with E-state index in [0.29, 0.717) is 12.5 Å². The lowest BCUT2D eigenvalue weighted by atomic mass is 9.84. The summed E-state index contributed by atoms with van der Waals surface area (Å²) in [5.41, 5.74) is 1.86. The zero-order chi connectivity index (χ0) is 17.2. The number of carbonyl (C=O) groups is 1. The minimum atomic E-state index is 0.0654. The number of amides is 1. The number of nitrogens with one attached hydrogen (secondary N) is 2. The fourth-order valence-corrected chi connectivity index (χ4v) is 4.57. The van der Waals surface area contributed by atoms with Gasteiger partial charge in [-0.3, -0.25) is 4.79 Å². The first kappa shape index (κ1) is 16.1. The summed E-state index contributed by atoms with van der Waals surface area (Å²) in [6.07, 6.45) is 8.59. The van der Waals surface area contributed by atoms with Gasteiger partial charge in [0.2, 0.25) is 5.91 Å². The molecule has 2 aliphatic carbocycles. The molecule has 0 radical (unpaired) electrons. The topological polar surface area (TPSA) is 71.8 Å². The fraction of sp³-hybridized carbons (Fsp3) is 0.526. The van der Waals surface area contributed by atoms with Crippen LogP contribution in [0.3, 0.4) is 0 Å². The van der Waals surface area contributed by atoms with Crippen molar-refractivity contribution < 1.29 is 4.79 Å². The van der Waals surface area contributed by atoms with Crippen LogP contribution in [0, 0.1) is 17.8 Å². The molecule has 2 aliphatic rings. The standard InChI is InChI=1S/C19H25N5O/c1-13(18-9-14-2-3-15(18)8-14)23-19(25)10-21-16-4-6-17(7-5-16)24-12-20-11-22-24/h4-7,11-15,18,21H,2-3,8-10H2,1H3,(H,23,25)/t13-,14+,15+,18-/m1/s1. The molecule has 1 heterocycles. The van der Waals surface area contributed by atoms with Gasteiger partial charge < -0.3 is 10.6 Å². The Hall–Kier alpha value is -2.37. The number of carbonyl (C=O) groups excluding carboxylic acids is 1. The van der Waals surface area contributed by atoms with Crippen LogP contribution in [0.25, 0.3) is 5.69 Å². The quantitative estimate of drug-likeness (QED) is 0.849. The predicted octanol–water partition coefficient (Wildman–Crippen LogP) is 2.62. The minimum absolute atomic E-state index is 0.0654. The lowest BCUT2D eigenvalue weighted by molar-refractivity contribution is -0.120. The fourth-order valence-electron chi connectivity index (χ4n) is 4.57.